The van der Waals surface area contributed by atoms with Crippen molar-refractivity contribution in [2.75, 3.05) is 0 Å². The van der Waals surface area contributed by atoms with Crippen molar-refractivity contribution in [3.8, 4) is 0 Å². The molecular formula is C10H13NO3. The van der Waals surface area contributed by atoms with Gasteiger partial charge in [-0.2, -0.15) is 0 Å². The van der Waals surface area contributed by atoms with Gasteiger partial charge in [0.2, 0.25) is 5.54 Å². The Kier molecular flexibility index (Phi) is 2.55. The zero-order chi connectivity index (χ0) is 10.8. The molecule has 0 aromatic heterocycles. The van der Waals surface area contributed by atoms with Crippen LogP contribution in [0.3, 0.4) is 0 Å². The SMILES string of the molecule is CC(C)(C)OC(=O)C1(C=O)C=CC=N1. The molecule has 1 unspecified atom stereocenters. The summed E-state index contributed by atoms with van der Waals surface area (Å²) < 4.78 is 5.08. The summed E-state index contributed by atoms with van der Waals surface area (Å²) in [5, 5.41) is 0. The van der Waals surface area contributed by atoms with Crippen molar-refractivity contribution in [2.24, 2.45) is 4.99 Å². The van der Waals surface area contributed by atoms with Gasteiger partial charge in [-0.1, -0.05) is 0 Å². The molecule has 0 saturated heterocycles. The topological polar surface area (TPSA) is 55.7 Å². The molecule has 1 atom stereocenters. The molecule has 0 fully saturated rings. The van der Waals surface area contributed by atoms with E-state index in [0.717, 1.165) is 0 Å². The third-order valence-electron chi connectivity index (χ3n) is 1.63. The lowest BCUT2D eigenvalue weighted by atomic mass is 10.0. The van der Waals surface area contributed by atoms with Crippen LogP contribution >= 0.6 is 0 Å². The Morgan fingerprint density at radius 1 is 1.50 bits per heavy atom. The lowest BCUT2D eigenvalue weighted by molar-refractivity contribution is -0.159. The van der Waals surface area contributed by atoms with Crippen molar-refractivity contribution < 1.29 is 14.3 Å². The van der Waals surface area contributed by atoms with Gasteiger partial charge in [0.1, 0.15) is 5.60 Å². The Hall–Kier alpha value is -1.45. The van der Waals surface area contributed by atoms with Gasteiger partial charge in [0.05, 0.1) is 0 Å². The summed E-state index contributed by atoms with van der Waals surface area (Å²) in [6, 6.07) is 0. The van der Waals surface area contributed by atoms with Crippen molar-refractivity contribution in [2.45, 2.75) is 31.9 Å². The number of carbonyl (C=O) groups excluding carboxylic acids is 2. The van der Waals surface area contributed by atoms with Crippen LogP contribution in [0.2, 0.25) is 0 Å². The summed E-state index contributed by atoms with van der Waals surface area (Å²) >= 11 is 0. The minimum absolute atomic E-state index is 0.487. The van der Waals surface area contributed by atoms with Crippen LogP contribution in [0.5, 0.6) is 0 Å². The van der Waals surface area contributed by atoms with Gasteiger partial charge in [0.15, 0.2) is 6.29 Å². The first-order valence-corrected chi connectivity index (χ1v) is 4.32. The zero-order valence-electron chi connectivity index (χ0n) is 8.48. The summed E-state index contributed by atoms with van der Waals surface area (Å²) in [4.78, 5) is 26.2. The Morgan fingerprint density at radius 2 is 2.14 bits per heavy atom. The van der Waals surface area contributed by atoms with Gasteiger partial charge in [-0.25, -0.2) is 4.79 Å². The highest BCUT2D eigenvalue weighted by Gasteiger charge is 2.40. The number of hydrogen-bond donors (Lipinski definition) is 0. The molecule has 4 heteroatoms. The fraction of sp³-hybridized carbons (Fsp3) is 0.500. The molecule has 14 heavy (non-hydrogen) atoms. The van der Waals surface area contributed by atoms with Crippen molar-refractivity contribution in [1.29, 1.82) is 0 Å². The molecule has 1 aliphatic rings. The first-order chi connectivity index (χ1) is 6.40. The standard InChI is InChI=1S/C10H13NO3/c1-9(2,3)14-8(13)10(7-12)5-4-6-11-10/h4-7H,1-3H3. The van der Waals surface area contributed by atoms with Gasteiger partial charge in [-0.05, 0) is 32.9 Å². The number of ether oxygens (including phenoxy) is 1. The largest absolute Gasteiger partial charge is 0.458 e. The van der Waals surface area contributed by atoms with E-state index >= 15 is 0 Å². The monoisotopic (exact) mass is 195 g/mol. The maximum absolute atomic E-state index is 11.6. The van der Waals surface area contributed by atoms with E-state index in [9.17, 15) is 9.59 Å². The van der Waals surface area contributed by atoms with Crippen LogP contribution in [0.1, 0.15) is 20.8 Å². The third kappa shape index (κ3) is 2.07. The van der Waals surface area contributed by atoms with Crippen molar-refractivity contribution in [3.05, 3.63) is 12.2 Å². The first-order valence-electron chi connectivity index (χ1n) is 4.32. The third-order valence-corrected chi connectivity index (χ3v) is 1.63. The van der Waals surface area contributed by atoms with Crippen molar-refractivity contribution >= 4 is 18.5 Å². The molecule has 0 spiro atoms. The maximum Gasteiger partial charge on any atom is 0.346 e. The van der Waals surface area contributed by atoms with E-state index in [4.69, 9.17) is 4.74 Å². The van der Waals surface area contributed by atoms with E-state index in [0.29, 0.717) is 6.29 Å². The normalized spacial score (nSPS) is 25.1. The van der Waals surface area contributed by atoms with Crippen molar-refractivity contribution in [3.63, 3.8) is 0 Å². The van der Waals surface area contributed by atoms with Crippen LogP contribution in [-0.2, 0) is 14.3 Å². The number of allylic oxidation sites excluding steroid dienone is 1. The molecule has 0 bridgehead atoms. The number of rotatable bonds is 2. The molecule has 4 nitrogen and oxygen atoms in total. The van der Waals surface area contributed by atoms with Gasteiger partial charge in [0.25, 0.3) is 0 Å². The van der Waals surface area contributed by atoms with E-state index in [1.165, 1.54) is 12.3 Å². The molecule has 1 rings (SSSR count). The lowest BCUT2D eigenvalue weighted by Gasteiger charge is -2.24. The maximum atomic E-state index is 11.6. The molecule has 0 N–H and O–H groups in total. The van der Waals surface area contributed by atoms with Crippen LogP contribution in [0, 0.1) is 0 Å². The zero-order valence-corrected chi connectivity index (χ0v) is 8.48. The quantitative estimate of drug-likeness (QED) is 0.374. The Bertz CT molecular complexity index is 298. The number of esters is 1. The molecule has 0 aromatic carbocycles. The fourth-order valence-corrected chi connectivity index (χ4v) is 0.998. The average Bonchev–Trinajstić information content (AvgIpc) is 2.49. The van der Waals surface area contributed by atoms with Gasteiger partial charge in [0, 0.05) is 6.21 Å². The lowest BCUT2D eigenvalue weighted by Crippen LogP contribution is -2.41. The van der Waals surface area contributed by atoms with Crippen LogP contribution in [-0.4, -0.2) is 29.6 Å². The summed E-state index contributed by atoms with van der Waals surface area (Å²) in [6.45, 7) is 5.23. The Balaban J connectivity index is 2.83. The molecule has 0 saturated carbocycles. The van der Waals surface area contributed by atoms with Crippen LogP contribution in [0.4, 0.5) is 0 Å². The highest BCUT2D eigenvalue weighted by molar-refractivity contribution is 6.05. The van der Waals surface area contributed by atoms with E-state index in [2.05, 4.69) is 4.99 Å². The number of hydrogen-bond acceptors (Lipinski definition) is 4. The molecule has 0 radical (unpaired) electrons. The summed E-state index contributed by atoms with van der Waals surface area (Å²) in [5.74, 6) is -0.634. The molecule has 1 heterocycles. The van der Waals surface area contributed by atoms with E-state index in [-0.39, 0.29) is 0 Å². The number of aldehydes is 1. The fourth-order valence-electron chi connectivity index (χ4n) is 0.998. The van der Waals surface area contributed by atoms with E-state index < -0.39 is 17.1 Å². The van der Waals surface area contributed by atoms with Crippen LogP contribution < -0.4 is 0 Å². The predicted octanol–water partition coefficient (Wildman–Crippen LogP) is 0.906. The van der Waals surface area contributed by atoms with Gasteiger partial charge >= 0.3 is 5.97 Å². The molecule has 0 aromatic rings. The van der Waals surface area contributed by atoms with Crippen LogP contribution in [0.15, 0.2) is 17.1 Å². The van der Waals surface area contributed by atoms with Gasteiger partial charge in [-0.3, -0.25) is 9.79 Å². The smallest absolute Gasteiger partial charge is 0.346 e. The first kappa shape index (κ1) is 10.6. The number of carbonyl (C=O) groups is 2. The second-order valence-corrected chi connectivity index (χ2v) is 4.08. The molecule has 0 amide bonds. The Labute approximate surface area is 82.7 Å². The summed E-state index contributed by atoms with van der Waals surface area (Å²) in [7, 11) is 0. The number of aliphatic imine (C=N–C) groups is 1. The van der Waals surface area contributed by atoms with Gasteiger partial charge in [-0.15, -0.1) is 0 Å². The second-order valence-electron chi connectivity index (χ2n) is 4.08. The Morgan fingerprint density at radius 3 is 2.50 bits per heavy atom. The van der Waals surface area contributed by atoms with Gasteiger partial charge < -0.3 is 4.74 Å². The minimum atomic E-state index is -1.45. The van der Waals surface area contributed by atoms with E-state index in [1.807, 2.05) is 0 Å². The average molecular weight is 195 g/mol. The molecule has 0 aliphatic carbocycles. The van der Waals surface area contributed by atoms with Crippen LogP contribution in [0.25, 0.3) is 0 Å². The predicted molar refractivity (Wildman–Crippen MR) is 52.3 cm³/mol. The minimum Gasteiger partial charge on any atom is -0.458 e. The summed E-state index contributed by atoms with van der Waals surface area (Å²) in [5.41, 5.74) is -2.06. The second kappa shape index (κ2) is 3.36. The number of nitrogens with zero attached hydrogens (tertiary/aromatic N) is 1. The van der Waals surface area contributed by atoms with E-state index in [1.54, 1.807) is 26.8 Å². The highest BCUT2D eigenvalue weighted by Crippen LogP contribution is 2.20. The highest BCUT2D eigenvalue weighted by atomic mass is 16.6. The molecule has 76 valence electrons. The molecular weight excluding hydrogens is 182 g/mol. The van der Waals surface area contributed by atoms with Crippen molar-refractivity contribution in [1.82, 2.24) is 0 Å². The molecule has 1 aliphatic heterocycles. The summed E-state index contributed by atoms with van der Waals surface area (Å²) in [6.07, 6.45) is 4.88.